The zero-order chi connectivity index (χ0) is 12.1. The Morgan fingerprint density at radius 3 is 2.88 bits per heavy atom. The van der Waals surface area contributed by atoms with Gasteiger partial charge in [0.25, 0.3) is 0 Å². The van der Waals surface area contributed by atoms with Gasteiger partial charge in [0.1, 0.15) is 0 Å². The normalized spacial score (nSPS) is 23.2. The predicted molar refractivity (Wildman–Crippen MR) is 69.7 cm³/mol. The monoisotopic (exact) mass is 232 g/mol. The Morgan fingerprint density at radius 1 is 1.41 bits per heavy atom. The van der Waals surface area contributed by atoms with Crippen LogP contribution in [0.1, 0.15) is 25.3 Å². The Kier molecular flexibility index (Phi) is 4.26. The molecule has 3 nitrogen and oxygen atoms in total. The summed E-state index contributed by atoms with van der Waals surface area (Å²) in [5.41, 5.74) is 1.35. The van der Waals surface area contributed by atoms with E-state index < -0.39 is 0 Å². The highest BCUT2D eigenvalue weighted by Gasteiger charge is 2.24. The molecular formula is C14H20N2O. The summed E-state index contributed by atoms with van der Waals surface area (Å²) in [7, 11) is 0. The SMILES string of the molecule is CC(N=O)C1CCCN(Cc2ccccc2)C1. The van der Waals surface area contributed by atoms with Crippen molar-refractivity contribution in [2.45, 2.75) is 32.4 Å². The smallest absolute Gasteiger partial charge is 0.0931 e. The minimum absolute atomic E-state index is 0.0476. The lowest BCUT2D eigenvalue weighted by Gasteiger charge is -2.33. The first-order valence-electron chi connectivity index (χ1n) is 6.38. The number of nitrogens with zero attached hydrogens (tertiary/aromatic N) is 2. The molecule has 1 saturated heterocycles. The van der Waals surface area contributed by atoms with Crippen molar-refractivity contribution in [3.8, 4) is 0 Å². The van der Waals surface area contributed by atoms with E-state index in [0.29, 0.717) is 5.92 Å². The van der Waals surface area contributed by atoms with Crippen LogP contribution < -0.4 is 0 Å². The predicted octanol–water partition coefficient (Wildman–Crippen LogP) is 3.05. The highest BCUT2D eigenvalue weighted by atomic mass is 16.3. The van der Waals surface area contributed by atoms with Crippen molar-refractivity contribution in [3.05, 3.63) is 40.8 Å². The number of piperidine rings is 1. The van der Waals surface area contributed by atoms with Gasteiger partial charge in [-0.2, -0.15) is 4.91 Å². The molecule has 1 aliphatic heterocycles. The fourth-order valence-corrected chi connectivity index (χ4v) is 2.56. The van der Waals surface area contributed by atoms with Gasteiger partial charge in [-0.05, 0) is 37.8 Å². The zero-order valence-electron chi connectivity index (χ0n) is 10.4. The van der Waals surface area contributed by atoms with E-state index in [1.54, 1.807) is 0 Å². The average Bonchev–Trinajstić information content (AvgIpc) is 2.39. The first kappa shape index (κ1) is 12.2. The van der Waals surface area contributed by atoms with E-state index in [4.69, 9.17) is 0 Å². The van der Waals surface area contributed by atoms with Crippen LogP contribution in [-0.4, -0.2) is 24.0 Å². The molecule has 1 fully saturated rings. The molecule has 2 unspecified atom stereocenters. The molecule has 1 aromatic rings. The van der Waals surface area contributed by atoms with Crippen LogP contribution >= 0.6 is 0 Å². The van der Waals surface area contributed by atoms with Crippen molar-refractivity contribution in [2.75, 3.05) is 13.1 Å². The van der Waals surface area contributed by atoms with Crippen molar-refractivity contribution < 1.29 is 0 Å². The van der Waals surface area contributed by atoms with Gasteiger partial charge in [-0.1, -0.05) is 35.5 Å². The van der Waals surface area contributed by atoms with E-state index in [2.05, 4.69) is 34.3 Å². The van der Waals surface area contributed by atoms with Gasteiger partial charge in [-0.15, -0.1) is 0 Å². The van der Waals surface area contributed by atoms with Gasteiger partial charge in [0, 0.05) is 13.1 Å². The summed E-state index contributed by atoms with van der Waals surface area (Å²) < 4.78 is 0. The van der Waals surface area contributed by atoms with Gasteiger partial charge in [0.2, 0.25) is 0 Å². The molecule has 0 spiro atoms. The number of nitroso groups, excluding NO2 is 1. The van der Waals surface area contributed by atoms with Crippen molar-refractivity contribution in [3.63, 3.8) is 0 Å². The fourth-order valence-electron chi connectivity index (χ4n) is 2.56. The Morgan fingerprint density at radius 2 is 2.18 bits per heavy atom. The third kappa shape index (κ3) is 3.37. The second-order valence-electron chi connectivity index (χ2n) is 4.97. The number of hydrogen-bond donors (Lipinski definition) is 0. The maximum atomic E-state index is 10.6. The van der Waals surface area contributed by atoms with Gasteiger partial charge in [0.15, 0.2) is 0 Å². The summed E-state index contributed by atoms with van der Waals surface area (Å²) in [6.45, 7) is 5.06. The Hall–Kier alpha value is -1.22. The zero-order valence-corrected chi connectivity index (χ0v) is 10.4. The van der Waals surface area contributed by atoms with Gasteiger partial charge < -0.3 is 0 Å². The van der Waals surface area contributed by atoms with Crippen LogP contribution in [-0.2, 0) is 6.54 Å². The summed E-state index contributed by atoms with van der Waals surface area (Å²) in [6, 6.07) is 10.5. The van der Waals surface area contributed by atoms with Crippen molar-refractivity contribution in [2.24, 2.45) is 11.1 Å². The highest BCUT2D eigenvalue weighted by Crippen LogP contribution is 2.22. The molecular weight excluding hydrogens is 212 g/mol. The number of rotatable bonds is 4. The highest BCUT2D eigenvalue weighted by molar-refractivity contribution is 5.14. The molecule has 0 amide bonds. The molecule has 0 radical (unpaired) electrons. The van der Waals surface area contributed by atoms with Gasteiger partial charge in [-0.3, -0.25) is 4.90 Å². The third-order valence-electron chi connectivity index (χ3n) is 3.64. The van der Waals surface area contributed by atoms with E-state index in [1.807, 2.05) is 13.0 Å². The molecule has 2 rings (SSSR count). The molecule has 0 saturated carbocycles. The standard InChI is InChI=1S/C14H20N2O/c1-12(15-17)14-8-5-9-16(11-14)10-13-6-3-2-4-7-13/h2-4,6-7,12,14H,5,8-11H2,1H3. The van der Waals surface area contributed by atoms with Crippen LogP contribution in [0.2, 0.25) is 0 Å². The molecule has 1 aromatic carbocycles. The van der Waals surface area contributed by atoms with Gasteiger partial charge >= 0.3 is 0 Å². The van der Waals surface area contributed by atoms with Crippen molar-refractivity contribution >= 4 is 0 Å². The molecule has 92 valence electrons. The van der Waals surface area contributed by atoms with E-state index in [-0.39, 0.29) is 6.04 Å². The summed E-state index contributed by atoms with van der Waals surface area (Å²) in [5.74, 6) is 0.435. The summed E-state index contributed by atoms with van der Waals surface area (Å²) >= 11 is 0. The molecule has 0 aromatic heterocycles. The molecule has 0 aliphatic carbocycles. The van der Waals surface area contributed by atoms with E-state index in [1.165, 1.54) is 12.0 Å². The van der Waals surface area contributed by atoms with Crippen LogP contribution in [0.5, 0.6) is 0 Å². The fraction of sp³-hybridized carbons (Fsp3) is 0.571. The number of hydrogen-bond acceptors (Lipinski definition) is 3. The Bertz CT molecular complexity index is 352. The largest absolute Gasteiger partial charge is 0.299 e. The lowest BCUT2D eigenvalue weighted by atomic mass is 9.92. The first-order chi connectivity index (χ1) is 8.29. The summed E-state index contributed by atoms with van der Waals surface area (Å²) in [6.07, 6.45) is 2.32. The van der Waals surface area contributed by atoms with Gasteiger partial charge in [0.05, 0.1) is 6.04 Å². The van der Waals surface area contributed by atoms with Crippen LogP contribution in [0, 0.1) is 10.8 Å². The molecule has 17 heavy (non-hydrogen) atoms. The quantitative estimate of drug-likeness (QED) is 0.747. The average molecular weight is 232 g/mol. The number of benzene rings is 1. The molecule has 0 bridgehead atoms. The van der Waals surface area contributed by atoms with E-state index in [0.717, 1.165) is 26.1 Å². The van der Waals surface area contributed by atoms with Gasteiger partial charge in [-0.25, -0.2) is 0 Å². The lowest BCUT2D eigenvalue weighted by Crippen LogP contribution is -2.38. The molecule has 1 heterocycles. The second kappa shape index (κ2) is 5.92. The molecule has 3 heteroatoms. The second-order valence-corrected chi connectivity index (χ2v) is 4.97. The maximum absolute atomic E-state index is 10.6. The summed E-state index contributed by atoms with van der Waals surface area (Å²) in [4.78, 5) is 13.0. The summed E-state index contributed by atoms with van der Waals surface area (Å²) in [5, 5.41) is 3.18. The third-order valence-corrected chi connectivity index (χ3v) is 3.64. The molecule has 0 N–H and O–H groups in total. The van der Waals surface area contributed by atoms with E-state index >= 15 is 0 Å². The van der Waals surface area contributed by atoms with E-state index in [9.17, 15) is 4.91 Å². The van der Waals surface area contributed by atoms with Crippen LogP contribution in [0.3, 0.4) is 0 Å². The molecule has 1 aliphatic rings. The number of likely N-dealkylation sites (tertiary alicyclic amines) is 1. The Balaban J connectivity index is 1.91. The molecule has 2 atom stereocenters. The lowest BCUT2D eigenvalue weighted by molar-refractivity contribution is 0.154. The minimum Gasteiger partial charge on any atom is -0.299 e. The van der Waals surface area contributed by atoms with Crippen LogP contribution in [0.15, 0.2) is 35.5 Å². The van der Waals surface area contributed by atoms with Crippen molar-refractivity contribution in [1.29, 1.82) is 0 Å². The minimum atomic E-state index is -0.0476. The Labute approximate surface area is 103 Å². The van der Waals surface area contributed by atoms with Crippen LogP contribution in [0.25, 0.3) is 0 Å². The maximum Gasteiger partial charge on any atom is 0.0931 e. The van der Waals surface area contributed by atoms with Crippen LogP contribution in [0.4, 0.5) is 0 Å². The first-order valence-corrected chi connectivity index (χ1v) is 6.38. The van der Waals surface area contributed by atoms with Crippen molar-refractivity contribution in [1.82, 2.24) is 4.90 Å². The topological polar surface area (TPSA) is 32.7 Å².